The maximum Gasteiger partial charge on any atom is 0.368 e. The lowest BCUT2D eigenvalue weighted by molar-refractivity contribution is -0.141. The lowest BCUT2D eigenvalue weighted by atomic mass is 10.1. The molecule has 7 rings (SSSR count). The quantitative estimate of drug-likeness (QED) is 0.0831. The highest BCUT2D eigenvalue weighted by Crippen LogP contribution is 2.44. The highest BCUT2D eigenvalue weighted by molar-refractivity contribution is 5.84. The van der Waals surface area contributed by atoms with Crippen molar-refractivity contribution >= 4 is 5.97 Å². The molecule has 3 heterocycles. The molecule has 232 valence electrons. The van der Waals surface area contributed by atoms with Crippen LogP contribution in [0.5, 0.6) is 17.2 Å². The number of likely N-dealkylation sites (N-methyl/N-ethyl adjacent to an activating group) is 1. The van der Waals surface area contributed by atoms with E-state index in [0.29, 0.717) is 36.0 Å². The van der Waals surface area contributed by atoms with Gasteiger partial charge in [-0.05, 0) is 59.7 Å². The highest BCUT2D eigenvalue weighted by Gasteiger charge is 2.62. The average Bonchev–Trinajstić information content (AvgIpc) is 3.83. The van der Waals surface area contributed by atoms with Gasteiger partial charge in [-0.1, -0.05) is 84.9 Å². The summed E-state index contributed by atoms with van der Waals surface area (Å²) in [5.74, 6) is 1.10. The van der Waals surface area contributed by atoms with Crippen molar-refractivity contribution in [2.75, 3.05) is 7.05 Å². The van der Waals surface area contributed by atoms with E-state index in [0.717, 1.165) is 33.6 Å². The van der Waals surface area contributed by atoms with Crippen LogP contribution in [0.2, 0.25) is 0 Å². The summed E-state index contributed by atoms with van der Waals surface area (Å²) >= 11 is 0. The number of nitrogens with zero attached hydrogens (tertiary/aromatic N) is 3. The molecule has 1 saturated heterocycles. The Morgan fingerprint density at radius 1 is 0.596 bits per heavy atom. The Morgan fingerprint density at radius 3 is 1.47 bits per heavy atom. The molecule has 2 atom stereocenters. The van der Waals surface area contributed by atoms with Crippen LogP contribution in [0, 0.1) is 0 Å². The Bertz CT molecular complexity index is 1930. The van der Waals surface area contributed by atoms with E-state index in [1.165, 1.54) is 5.06 Å². The molecule has 0 spiro atoms. The number of pyridine rings is 2. The number of hydrogen-bond acceptors (Lipinski definition) is 8. The summed E-state index contributed by atoms with van der Waals surface area (Å²) in [5.41, 5.74) is 5.24. The zero-order valence-corrected chi connectivity index (χ0v) is 25.7. The lowest BCUT2D eigenvalue weighted by Gasteiger charge is -2.13. The van der Waals surface area contributed by atoms with Crippen molar-refractivity contribution in [2.45, 2.75) is 18.9 Å². The van der Waals surface area contributed by atoms with Gasteiger partial charge in [-0.2, -0.15) is 0 Å². The number of rotatable bonds is 11. The topological polar surface area (TPSA) is 86.1 Å². The van der Waals surface area contributed by atoms with Crippen LogP contribution < -0.4 is 14.2 Å². The first-order chi connectivity index (χ1) is 23.1. The molecule has 0 saturated carbocycles. The molecule has 6 aromatic rings. The van der Waals surface area contributed by atoms with Gasteiger partial charge in [0.25, 0.3) is 5.72 Å². The molecule has 2 unspecified atom stereocenters. The summed E-state index contributed by atoms with van der Waals surface area (Å²) in [6, 6.07) is 42.2. The summed E-state index contributed by atoms with van der Waals surface area (Å²) in [6.45, 7) is 0.626. The number of aromatic nitrogens is 2. The molecule has 47 heavy (non-hydrogen) atoms. The van der Waals surface area contributed by atoms with Gasteiger partial charge in [0.15, 0.2) is 0 Å². The van der Waals surface area contributed by atoms with Crippen LogP contribution >= 0.6 is 0 Å². The van der Waals surface area contributed by atoms with E-state index in [-0.39, 0.29) is 0 Å². The Hall–Kier alpha value is -5.83. The van der Waals surface area contributed by atoms with Crippen molar-refractivity contribution < 1.29 is 23.8 Å². The van der Waals surface area contributed by atoms with E-state index >= 15 is 0 Å². The van der Waals surface area contributed by atoms with Crippen LogP contribution in [0.25, 0.3) is 22.3 Å². The second-order valence-corrected chi connectivity index (χ2v) is 11.0. The van der Waals surface area contributed by atoms with Crippen molar-refractivity contribution in [3.8, 4) is 39.5 Å². The fraction of sp³-hybridized carbons (Fsp3) is 0.103. The maximum atomic E-state index is 13.3. The molecular formula is C39H31N3O5. The molecule has 8 heteroatoms. The largest absolute Gasteiger partial charge is 0.487 e. The van der Waals surface area contributed by atoms with Gasteiger partial charge < -0.3 is 14.2 Å². The number of benzene rings is 4. The summed E-state index contributed by atoms with van der Waals surface area (Å²) in [7, 11) is 1.69. The predicted molar refractivity (Wildman–Crippen MR) is 177 cm³/mol. The van der Waals surface area contributed by atoms with Crippen molar-refractivity contribution in [3.05, 3.63) is 163 Å². The van der Waals surface area contributed by atoms with E-state index in [2.05, 4.69) is 34.2 Å². The second kappa shape index (κ2) is 13.3. The van der Waals surface area contributed by atoms with Gasteiger partial charge in [0.1, 0.15) is 30.5 Å². The van der Waals surface area contributed by atoms with Gasteiger partial charge >= 0.3 is 5.97 Å². The minimum absolute atomic E-state index is 0.312. The van der Waals surface area contributed by atoms with Crippen LogP contribution in [0.3, 0.4) is 0 Å². The van der Waals surface area contributed by atoms with Crippen LogP contribution in [0.15, 0.2) is 146 Å². The first-order valence-corrected chi connectivity index (χ1v) is 15.2. The van der Waals surface area contributed by atoms with Crippen LogP contribution in [-0.4, -0.2) is 28.0 Å². The van der Waals surface area contributed by atoms with Gasteiger partial charge in [0, 0.05) is 36.1 Å². The molecule has 8 nitrogen and oxygen atoms in total. The third-order valence-electron chi connectivity index (χ3n) is 7.87. The second-order valence-electron chi connectivity index (χ2n) is 11.0. The van der Waals surface area contributed by atoms with E-state index < -0.39 is 11.7 Å². The molecule has 0 N–H and O–H groups in total. The standard InChI is InChI=1S/C39H31N3O5/c1-42-39(47-42,32-14-18-35(19-15-32)44-26-33-16-12-30(24-40-33)28-8-4-2-5-9-28)38(43)46-37-22-20-36(21-23-37)45-27-34-17-13-31(25-41-34)29-10-6-3-7-11-29/h2-25H,26-27H2,1H3. The lowest BCUT2D eigenvalue weighted by Crippen LogP contribution is -2.30. The fourth-order valence-corrected chi connectivity index (χ4v) is 5.19. The SMILES string of the molecule is CN1OC1(C(=O)Oc1ccc(OCc2ccc(-c3ccccc3)cn2)cc1)c1ccc(OCc2ccc(-c3ccccc3)cn2)cc1. The van der Waals surface area contributed by atoms with Gasteiger partial charge in [-0.15, -0.1) is 5.06 Å². The van der Waals surface area contributed by atoms with Crippen molar-refractivity contribution in [1.82, 2.24) is 15.0 Å². The molecule has 0 aliphatic carbocycles. The summed E-state index contributed by atoms with van der Waals surface area (Å²) in [6.07, 6.45) is 3.68. The number of carbonyl (C=O) groups is 1. The van der Waals surface area contributed by atoms with Crippen LogP contribution in [0.4, 0.5) is 0 Å². The molecule has 1 aliphatic heterocycles. The molecule has 0 amide bonds. The Balaban J connectivity index is 0.919. The molecule has 0 bridgehead atoms. The van der Waals surface area contributed by atoms with Gasteiger partial charge in [-0.25, -0.2) is 4.79 Å². The number of ether oxygens (including phenoxy) is 3. The zero-order valence-electron chi connectivity index (χ0n) is 25.7. The van der Waals surface area contributed by atoms with E-state index in [1.54, 1.807) is 55.6 Å². The normalized spacial score (nSPS) is 16.7. The molecule has 1 aliphatic rings. The third kappa shape index (κ3) is 6.74. The fourth-order valence-electron chi connectivity index (χ4n) is 5.19. The Kier molecular flexibility index (Phi) is 8.43. The average molecular weight is 622 g/mol. The first kappa shape index (κ1) is 29.9. The number of esters is 1. The zero-order chi connectivity index (χ0) is 32.1. The number of carbonyl (C=O) groups excluding carboxylic acids is 1. The van der Waals surface area contributed by atoms with Gasteiger partial charge in [0.05, 0.1) is 11.4 Å². The molecule has 2 aromatic heterocycles. The van der Waals surface area contributed by atoms with Crippen molar-refractivity contribution in [2.24, 2.45) is 0 Å². The van der Waals surface area contributed by atoms with Crippen molar-refractivity contribution in [1.29, 1.82) is 0 Å². The monoisotopic (exact) mass is 621 g/mol. The van der Waals surface area contributed by atoms with Crippen molar-refractivity contribution in [3.63, 3.8) is 0 Å². The minimum Gasteiger partial charge on any atom is -0.487 e. The molecule has 4 aromatic carbocycles. The minimum atomic E-state index is -1.33. The molecule has 1 fully saturated rings. The summed E-state index contributed by atoms with van der Waals surface area (Å²) < 4.78 is 17.5. The van der Waals surface area contributed by atoms with Crippen LogP contribution in [0.1, 0.15) is 17.0 Å². The predicted octanol–water partition coefficient (Wildman–Crippen LogP) is 7.60. The maximum absolute atomic E-state index is 13.3. The summed E-state index contributed by atoms with van der Waals surface area (Å²) in [4.78, 5) is 28.0. The highest BCUT2D eigenvalue weighted by atomic mass is 16.9. The van der Waals surface area contributed by atoms with Crippen LogP contribution in [-0.2, 0) is 28.6 Å². The Labute approximate surface area is 272 Å². The molecule has 0 radical (unpaired) electrons. The first-order valence-electron chi connectivity index (χ1n) is 15.2. The van der Waals surface area contributed by atoms with Gasteiger partial charge in [-0.3, -0.25) is 14.8 Å². The number of hydroxylamine groups is 2. The molecular weight excluding hydrogens is 590 g/mol. The smallest absolute Gasteiger partial charge is 0.368 e. The number of hydrogen-bond donors (Lipinski definition) is 0. The third-order valence-corrected chi connectivity index (χ3v) is 7.87. The van der Waals surface area contributed by atoms with E-state index in [9.17, 15) is 4.79 Å². The Morgan fingerprint density at radius 2 is 1.04 bits per heavy atom. The summed E-state index contributed by atoms with van der Waals surface area (Å²) in [5, 5.41) is 1.47. The van der Waals surface area contributed by atoms with E-state index in [4.69, 9.17) is 19.0 Å². The van der Waals surface area contributed by atoms with E-state index in [1.807, 2.05) is 73.1 Å². The van der Waals surface area contributed by atoms with Gasteiger partial charge in [0.2, 0.25) is 0 Å².